The molecule has 1 aromatic carbocycles. The Bertz CT molecular complexity index is 396. The van der Waals surface area contributed by atoms with Crippen molar-refractivity contribution in [1.82, 2.24) is 5.32 Å². The molecular formula is C14H17NOS. The molecule has 0 bridgehead atoms. The summed E-state index contributed by atoms with van der Waals surface area (Å²) in [5, 5.41) is 2.51. The van der Waals surface area contributed by atoms with Crippen LogP contribution >= 0.6 is 12.6 Å². The van der Waals surface area contributed by atoms with Gasteiger partial charge in [0.05, 0.1) is 5.25 Å². The van der Waals surface area contributed by atoms with Crippen molar-refractivity contribution in [3.05, 3.63) is 35.9 Å². The van der Waals surface area contributed by atoms with Crippen LogP contribution in [0.2, 0.25) is 0 Å². The van der Waals surface area contributed by atoms with E-state index in [1.54, 1.807) is 0 Å². The molecule has 2 nitrogen and oxygen atoms in total. The number of hydrogen-bond donors (Lipinski definition) is 2. The molecule has 2 unspecified atom stereocenters. The van der Waals surface area contributed by atoms with E-state index in [2.05, 4.69) is 23.9 Å². The number of hydrogen-bond acceptors (Lipinski definition) is 2. The molecule has 0 spiro atoms. The lowest BCUT2D eigenvalue weighted by molar-refractivity contribution is -0.121. The highest BCUT2D eigenvalue weighted by molar-refractivity contribution is 7.81. The number of amides is 1. The zero-order valence-electron chi connectivity index (χ0n) is 9.89. The molecule has 0 aromatic heterocycles. The number of thiol groups is 1. The number of benzene rings is 1. The van der Waals surface area contributed by atoms with Crippen molar-refractivity contribution in [2.75, 3.05) is 0 Å². The molecule has 0 aliphatic rings. The Labute approximate surface area is 108 Å². The molecule has 0 radical (unpaired) electrons. The van der Waals surface area contributed by atoms with Crippen LogP contribution in [0.4, 0.5) is 0 Å². The van der Waals surface area contributed by atoms with Crippen molar-refractivity contribution in [3.8, 4) is 12.3 Å². The van der Waals surface area contributed by atoms with Gasteiger partial charge in [0, 0.05) is 12.5 Å². The van der Waals surface area contributed by atoms with Crippen LogP contribution in [0.15, 0.2) is 30.3 Å². The summed E-state index contributed by atoms with van der Waals surface area (Å²) in [5.41, 5.74) is 1.10. The number of rotatable bonds is 5. The van der Waals surface area contributed by atoms with Gasteiger partial charge in [-0.2, -0.15) is 12.6 Å². The van der Waals surface area contributed by atoms with Gasteiger partial charge in [0.2, 0.25) is 5.91 Å². The third-order valence-corrected chi connectivity index (χ3v) is 2.80. The summed E-state index contributed by atoms with van der Waals surface area (Å²) in [7, 11) is 0. The van der Waals surface area contributed by atoms with Gasteiger partial charge in [0.15, 0.2) is 0 Å². The summed E-state index contributed by atoms with van der Waals surface area (Å²) in [5.74, 6) is 2.45. The third-order valence-electron chi connectivity index (χ3n) is 2.39. The molecule has 2 atom stereocenters. The molecule has 1 N–H and O–H groups in total. The minimum atomic E-state index is -0.336. The molecule has 0 saturated carbocycles. The van der Waals surface area contributed by atoms with Crippen molar-refractivity contribution >= 4 is 18.5 Å². The zero-order chi connectivity index (χ0) is 12.7. The highest BCUT2D eigenvalue weighted by Crippen LogP contribution is 2.08. The van der Waals surface area contributed by atoms with Gasteiger partial charge in [-0.05, 0) is 18.9 Å². The summed E-state index contributed by atoms with van der Waals surface area (Å²) in [6, 6.07) is 9.83. The molecule has 90 valence electrons. The summed E-state index contributed by atoms with van der Waals surface area (Å²) < 4.78 is 0. The molecular weight excluding hydrogens is 230 g/mol. The maximum absolute atomic E-state index is 11.8. The first kappa shape index (κ1) is 13.7. The van der Waals surface area contributed by atoms with Gasteiger partial charge in [-0.15, -0.1) is 12.3 Å². The maximum atomic E-state index is 11.8. The van der Waals surface area contributed by atoms with Gasteiger partial charge in [0.1, 0.15) is 0 Å². The maximum Gasteiger partial charge on any atom is 0.233 e. The van der Waals surface area contributed by atoms with Crippen molar-refractivity contribution in [2.45, 2.75) is 31.1 Å². The van der Waals surface area contributed by atoms with Gasteiger partial charge in [-0.3, -0.25) is 4.79 Å². The fourth-order valence-corrected chi connectivity index (χ4v) is 1.78. The lowest BCUT2D eigenvalue weighted by Gasteiger charge is -2.15. The second-order valence-corrected chi connectivity index (χ2v) is 4.65. The summed E-state index contributed by atoms with van der Waals surface area (Å²) in [6.45, 7) is 1.89. The highest BCUT2D eigenvalue weighted by Gasteiger charge is 2.15. The lowest BCUT2D eigenvalue weighted by atomic mass is 10.1. The number of nitrogens with one attached hydrogen (secondary N) is 1. The summed E-state index contributed by atoms with van der Waals surface area (Å²) in [6.07, 6.45) is 6.35. The molecule has 3 heteroatoms. The van der Waals surface area contributed by atoms with Gasteiger partial charge < -0.3 is 5.32 Å². The standard InChI is InChI=1S/C14H17NOS/c1-3-7-11(2)15-14(16)13(17)10-12-8-5-4-6-9-12/h1,4-6,8-9,11,13,17H,7,10H2,2H3,(H,15,16). The van der Waals surface area contributed by atoms with E-state index in [4.69, 9.17) is 6.42 Å². The average molecular weight is 247 g/mol. The first-order valence-electron chi connectivity index (χ1n) is 5.59. The van der Waals surface area contributed by atoms with Crippen molar-refractivity contribution < 1.29 is 4.79 Å². The van der Waals surface area contributed by atoms with Gasteiger partial charge in [-0.1, -0.05) is 30.3 Å². The van der Waals surface area contributed by atoms with E-state index >= 15 is 0 Å². The molecule has 1 rings (SSSR count). The molecule has 0 aliphatic heterocycles. The highest BCUT2D eigenvalue weighted by atomic mass is 32.1. The largest absolute Gasteiger partial charge is 0.352 e. The van der Waals surface area contributed by atoms with Crippen LogP contribution in [0.1, 0.15) is 18.9 Å². The first-order valence-corrected chi connectivity index (χ1v) is 6.11. The SMILES string of the molecule is C#CCC(C)NC(=O)C(S)Cc1ccccc1. The fraction of sp³-hybridized carbons (Fsp3) is 0.357. The third kappa shape index (κ3) is 4.97. The van der Waals surface area contributed by atoms with Crippen LogP contribution in [-0.4, -0.2) is 17.2 Å². The minimum absolute atomic E-state index is 0.00192. The van der Waals surface area contributed by atoms with E-state index in [9.17, 15) is 4.79 Å². The van der Waals surface area contributed by atoms with E-state index in [-0.39, 0.29) is 17.2 Å². The predicted octanol–water partition coefficient (Wildman–Crippen LogP) is 2.06. The normalized spacial score (nSPS) is 13.5. The minimum Gasteiger partial charge on any atom is -0.352 e. The lowest BCUT2D eigenvalue weighted by Crippen LogP contribution is -2.38. The van der Waals surface area contributed by atoms with Crippen molar-refractivity contribution in [1.29, 1.82) is 0 Å². The van der Waals surface area contributed by atoms with Crippen LogP contribution < -0.4 is 5.32 Å². The molecule has 1 amide bonds. The number of carbonyl (C=O) groups excluding carboxylic acids is 1. The summed E-state index contributed by atoms with van der Waals surface area (Å²) in [4.78, 5) is 11.8. The molecule has 1 aromatic rings. The van der Waals surface area contributed by atoms with Crippen LogP contribution in [0.3, 0.4) is 0 Å². The predicted molar refractivity (Wildman–Crippen MR) is 74.0 cm³/mol. The Kier molecular flexibility index (Phi) is 5.65. The zero-order valence-corrected chi connectivity index (χ0v) is 10.8. The Morgan fingerprint density at radius 2 is 2.12 bits per heavy atom. The molecule has 0 aliphatic carbocycles. The Morgan fingerprint density at radius 3 is 2.71 bits per heavy atom. The fourth-order valence-electron chi connectivity index (χ4n) is 1.50. The quantitative estimate of drug-likeness (QED) is 0.605. The topological polar surface area (TPSA) is 29.1 Å². The molecule has 0 heterocycles. The Hall–Kier alpha value is -1.40. The van der Waals surface area contributed by atoms with Crippen LogP contribution in [0.25, 0.3) is 0 Å². The second kappa shape index (κ2) is 7.03. The summed E-state index contributed by atoms with van der Waals surface area (Å²) >= 11 is 4.32. The molecule has 17 heavy (non-hydrogen) atoms. The monoisotopic (exact) mass is 247 g/mol. The van der Waals surface area contributed by atoms with Gasteiger partial charge in [0.25, 0.3) is 0 Å². The second-order valence-electron chi connectivity index (χ2n) is 4.02. The van der Waals surface area contributed by atoms with Crippen LogP contribution in [0.5, 0.6) is 0 Å². The number of carbonyl (C=O) groups is 1. The van der Waals surface area contributed by atoms with Crippen molar-refractivity contribution in [3.63, 3.8) is 0 Å². The smallest absolute Gasteiger partial charge is 0.233 e. The van der Waals surface area contributed by atoms with Crippen LogP contribution in [-0.2, 0) is 11.2 Å². The van der Waals surface area contributed by atoms with E-state index in [1.807, 2.05) is 37.3 Å². The van der Waals surface area contributed by atoms with E-state index in [1.165, 1.54) is 0 Å². The van der Waals surface area contributed by atoms with Crippen molar-refractivity contribution in [2.24, 2.45) is 0 Å². The first-order chi connectivity index (χ1) is 8.13. The van der Waals surface area contributed by atoms with Crippen LogP contribution in [0, 0.1) is 12.3 Å². The Morgan fingerprint density at radius 1 is 1.47 bits per heavy atom. The van der Waals surface area contributed by atoms with E-state index in [0.717, 1.165) is 5.56 Å². The Balaban J connectivity index is 2.45. The van der Waals surface area contributed by atoms with Gasteiger partial charge in [-0.25, -0.2) is 0 Å². The molecule has 0 fully saturated rings. The average Bonchev–Trinajstić information content (AvgIpc) is 2.30. The number of terminal acetylenes is 1. The van der Waals surface area contributed by atoms with E-state index in [0.29, 0.717) is 12.8 Å². The molecule has 0 saturated heterocycles. The van der Waals surface area contributed by atoms with Gasteiger partial charge >= 0.3 is 0 Å². The van der Waals surface area contributed by atoms with E-state index < -0.39 is 0 Å².